The summed E-state index contributed by atoms with van der Waals surface area (Å²) in [5.74, 6) is 0.591. The lowest BCUT2D eigenvalue weighted by molar-refractivity contribution is 0.323. The first-order chi connectivity index (χ1) is 10.2. The van der Waals surface area contributed by atoms with E-state index in [1.165, 1.54) is 11.6 Å². The molecule has 1 aliphatic rings. The number of nitrogens with one attached hydrogen (secondary N) is 1. The first-order valence-corrected chi connectivity index (χ1v) is 7.81. The van der Waals surface area contributed by atoms with Gasteiger partial charge in [0.25, 0.3) is 0 Å². The molecule has 2 aromatic rings. The highest BCUT2D eigenvalue weighted by atomic mass is 35.5. The highest BCUT2D eigenvalue weighted by Crippen LogP contribution is 2.34. The lowest BCUT2D eigenvalue weighted by atomic mass is 9.78. The summed E-state index contributed by atoms with van der Waals surface area (Å²) in [4.78, 5) is 0. The van der Waals surface area contributed by atoms with Gasteiger partial charge in [0.1, 0.15) is 5.82 Å². The van der Waals surface area contributed by atoms with Crippen molar-refractivity contribution in [1.82, 2.24) is 5.32 Å². The number of halogens is 2. The Morgan fingerprint density at radius 2 is 1.95 bits per heavy atom. The summed E-state index contributed by atoms with van der Waals surface area (Å²) in [5, 5.41) is 3.95. The lowest BCUT2D eigenvalue weighted by Crippen LogP contribution is -2.36. The summed E-state index contributed by atoms with van der Waals surface area (Å²) >= 11 is 6.02. The highest BCUT2D eigenvalue weighted by molar-refractivity contribution is 6.30. The van der Waals surface area contributed by atoms with Crippen LogP contribution in [0.3, 0.4) is 0 Å². The van der Waals surface area contributed by atoms with Crippen LogP contribution in [0.1, 0.15) is 23.5 Å². The topological polar surface area (TPSA) is 12.0 Å². The minimum atomic E-state index is -0.241. The normalized spacial score (nSPS) is 22.2. The molecule has 110 valence electrons. The summed E-state index contributed by atoms with van der Waals surface area (Å²) in [6, 6.07) is 15.4. The van der Waals surface area contributed by atoms with Gasteiger partial charge in [-0.2, -0.15) is 0 Å². The van der Waals surface area contributed by atoms with E-state index in [1.807, 2.05) is 12.1 Å². The molecule has 1 saturated heterocycles. The second-order valence-corrected chi connectivity index (χ2v) is 6.19. The van der Waals surface area contributed by atoms with Crippen LogP contribution in [0.2, 0.25) is 5.02 Å². The zero-order valence-corrected chi connectivity index (χ0v) is 12.6. The first-order valence-electron chi connectivity index (χ1n) is 7.43. The van der Waals surface area contributed by atoms with Gasteiger partial charge in [0.05, 0.1) is 0 Å². The molecular formula is C18H19ClFN. The molecule has 0 spiro atoms. The van der Waals surface area contributed by atoms with Crippen LogP contribution >= 0.6 is 11.6 Å². The van der Waals surface area contributed by atoms with Gasteiger partial charge in [0, 0.05) is 5.02 Å². The molecule has 3 rings (SSSR count). The minimum absolute atomic E-state index is 0.241. The van der Waals surface area contributed by atoms with Gasteiger partial charge in [-0.05, 0) is 67.1 Å². The van der Waals surface area contributed by atoms with E-state index in [-0.39, 0.29) is 5.82 Å². The Balaban J connectivity index is 1.84. The Labute approximate surface area is 130 Å². The molecule has 2 aromatic carbocycles. The fraction of sp³-hybridized carbons (Fsp3) is 0.333. The third-order valence-electron chi connectivity index (χ3n) is 4.26. The first kappa shape index (κ1) is 14.6. The summed E-state index contributed by atoms with van der Waals surface area (Å²) in [7, 11) is 0. The number of piperidine rings is 1. The fourth-order valence-corrected chi connectivity index (χ4v) is 3.51. The van der Waals surface area contributed by atoms with E-state index in [0.29, 0.717) is 16.9 Å². The van der Waals surface area contributed by atoms with Gasteiger partial charge in [-0.15, -0.1) is 0 Å². The Bertz CT molecular complexity index is 579. The zero-order valence-electron chi connectivity index (χ0n) is 11.9. The van der Waals surface area contributed by atoms with Crippen LogP contribution in [0.4, 0.5) is 4.39 Å². The Hall–Kier alpha value is -1.38. The molecule has 0 amide bonds. The maximum Gasteiger partial charge on any atom is 0.124 e. The standard InChI is InChI=1S/C18H19ClFN/c19-16-9-14(10-17(20)11-16)18-6-7-21-12-15(18)8-13-4-2-1-3-5-13/h1-5,9-11,15,18,21H,6-8,12H2. The van der Waals surface area contributed by atoms with Crippen LogP contribution < -0.4 is 5.32 Å². The summed E-state index contributed by atoms with van der Waals surface area (Å²) in [6.07, 6.45) is 2.03. The van der Waals surface area contributed by atoms with Crippen molar-refractivity contribution in [2.75, 3.05) is 13.1 Å². The van der Waals surface area contributed by atoms with Gasteiger partial charge in [-0.1, -0.05) is 41.9 Å². The molecular weight excluding hydrogens is 285 g/mol. The van der Waals surface area contributed by atoms with Gasteiger partial charge < -0.3 is 5.32 Å². The Kier molecular flexibility index (Phi) is 4.57. The van der Waals surface area contributed by atoms with Crippen molar-refractivity contribution in [3.63, 3.8) is 0 Å². The van der Waals surface area contributed by atoms with E-state index >= 15 is 0 Å². The highest BCUT2D eigenvalue weighted by Gasteiger charge is 2.27. The molecule has 3 heteroatoms. The van der Waals surface area contributed by atoms with Crippen LogP contribution in [0.15, 0.2) is 48.5 Å². The molecule has 0 bridgehead atoms. The third kappa shape index (κ3) is 3.63. The number of hydrogen-bond acceptors (Lipinski definition) is 1. The van der Waals surface area contributed by atoms with E-state index in [2.05, 4.69) is 29.6 Å². The second kappa shape index (κ2) is 6.59. The molecule has 2 atom stereocenters. The molecule has 0 saturated carbocycles. The second-order valence-electron chi connectivity index (χ2n) is 5.75. The molecule has 0 radical (unpaired) electrons. The molecule has 1 N–H and O–H groups in total. The molecule has 1 aliphatic heterocycles. The van der Waals surface area contributed by atoms with Crippen LogP contribution in [-0.2, 0) is 6.42 Å². The van der Waals surface area contributed by atoms with Crippen molar-refractivity contribution >= 4 is 11.6 Å². The van der Waals surface area contributed by atoms with Gasteiger partial charge in [-0.25, -0.2) is 4.39 Å². The predicted octanol–water partition coefficient (Wildman–Crippen LogP) is 4.41. The van der Waals surface area contributed by atoms with Gasteiger partial charge in [-0.3, -0.25) is 0 Å². The number of benzene rings is 2. The average molecular weight is 304 g/mol. The van der Waals surface area contributed by atoms with Crippen molar-refractivity contribution in [3.05, 3.63) is 70.5 Å². The van der Waals surface area contributed by atoms with Crippen molar-refractivity contribution < 1.29 is 4.39 Å². The van der Waals surface area contributed by atoms with Crippen molar-refractivity contribution in [3.8, 4) is 0 Å². The molecule has 21 heavy (non-hydrogen) atoms. The van der Waals surface area contributed by atoms with Crippen LogP contribution in [0, 0.1) is 11.7 Å². The van der Waals surface area contributed by atoms with E-state index in [0.717, 1.165) is 31.5 Å². The van der Waals surface area contributed by atoms with Crippen LogP contribution in [0.5, 0.6) is 0 Å². The zero-order chi connectivity index (χ0) is 14.7. The van der Waals surface area contributed by atoms with Crippen molar-refractivity contribution in [2.45, 2.75) is 18.8 Å². The molecule has 0 aromatic heterocycles. The minimum Gasteiger partial charge on any atom is -0.316 e. The predicted molar refractivity (Wildman–Crippen MR) is 85.3 cm³/mol. The largest absolute Gasteiger partial charge is 0.316 e. The third-order valence-corrected chi connectivity index (χ3v) is 4.48. The lowest BCUT2D eigenvalue weighted by Gasteiger charge is -2.33. The monoisotopic (exact) mass is 303 g/mol. The summed E-state index contributed by atoms with van der Waals surface area (Å²) < 4.78 is 13.6. The molecule has 1 heterocycles. The quantitative estimate of drug-likeness (QED) is 0.885. The Morgan fingerprint density at radius 1 is 1.14 bits per heavy atom. The molecule has 1 nitrogen and oxygen atoms in total. The summed E-state index contributed by atoms with van der Waals surface area (Å²) in [5.41, 5.74) is 2.36. The average Bonchev–Trinajstić information content (AvgIpc) is 2.48. The number of hydrogen-bond donors (Lipinski definition) is 1. The smallest absolute Gasteiger partial charge is 0.124 e. The molecule has 0 aliphatic carbocycles. The van der Waals surface area contributed by atoms with E-state index in [4.69, 9.17) is 11.6 Å². The molecule has 1 fully saturated rings. The maximum atomic E-state index is 13.6. The summed E-state index contributed by atoms with van der Waals surface area (Å²) in [6.45, 7) is 1.94. The van der Waals surface area contributed by atoms with Gasteiger partial charge in [0.15, 0.2) is 0 Å². The van der Waals surface area contributed by atoms with E-state index < -0.39 is 0 Å². The van der Waals surface area contributed by atoms with Crippen molar-refractivity contribution in [2.24, 2.45) is 5.92 Å². The van der Waals surface area contributed by atoms with Gasteiger partial charge in [0.2, 0.25) is 0 Å². The van der Waals surface area contributed by atoms with Crippen LogP contribution in [-0.4, -0.2) is 13.1 Å². The fourth-order valence-electron chi connectivity index (χ4n) is 3.28. The van der Waals surface area contributed by atoms with E-state index in [1.54, 1.807) is 6.07 Å². The maximum absolute atomic E-state index is 13.6. The number of rotatable bonds is 3. The van der Waals surface area contributed by atoms with Crippen molar-refractivity contribution in [1.29, 1.82) is 0 Å². The SMILES string of the molecule is Fc1cc(Cl)cc(C2CCNCC2Cc2ccccc2)c1. The van der Waals surface area contributed by atoms with Crippen LogP contribution in [0.25, 0.3) is 0 Å². The molecule has 2 unspecified atom stereocenters. The van der Waals surface area contributed by atoms with Gasteiger partial charge >= 0.3 is 0 Å². The van der Waals surface area contributed by atoms with E-state index in [9.17, 15) is 4.39 Å². The Morgan fingerprint density at radius 3 is 2.71 bits per heavy atom.